The molecule has 2 rings (SSSR count). The fourth-order valence-electron chi connectivity index (χ4n) is 5.19. The average molecular weight is 429 g/mol. The number of allylic oxidation sites excluding steroid dienone is 2. The van der Waals surface area contributed by atoms with Gasteiger partial charge in [-0.25, -0.2) is 0 Å². The molecule has 3 nitrogen and oxygen atoms in total. The van der Waals surface area contributed by atoms with Crippen molar-refractivity contribution in [3.05, 3.63) is 48.0 Å². The molecule has 1 aromatic rings. The van der Waals surface area contributed by atoms with E-state index in [-0.39, 0.29) is 5.92 Å². The number of aliphatic carboxylic acids is 1. The molecule has 1 fully saturated rings. The Balaban J connectivity index is 1.67. The standard InChI is InChI=1S/C28H44O3/c1-23(29)27(28(30)31)26(22-21-25-18-12-8-13-19-25)20-14-6-4-2-3-5-9-15-24-16-10-7-11-17-24/h3,5,8,12-13,18-19,23-24,26-27,29H,2,4,6-7,9-11,14-17,20-22H2,1H3,(H,30,31)/b5-3-/t23-,26+,27-/m0/s1. The number of rotatable bonds is 15. The van der Waals surface area contributed by atoms with Crippen LogP contribution in [-0.4, -0.2) is 22.3 Å². The van der Waals surface area contributed by atoms with Gasteiger partial charge in [-0.3, -0.25) is 4.79 Å². The van der Waals surface area contributed by atoms with E-state index >= 15 is 0 Å². The summed E-state index contributed by atoms with van der Waals surface area (Å²) in [6.07, 6.45) is 20.6. The molecule has 0 aromatic heterocycles. The zero-order valence-electron chi connectivity index (χ0n) is 19.6. The van der Waals surface area contributed by atoms with Crippen LogP contribution in [0, 0.1) is 17.8 Å². The Morgan fingerprint density at radius 1 is 1.00 bits per heavy atom. The van der Waals surface area contributed by atoms with Crippen LogP contribution in [0.25, 0.3) is 0 Å². The number of carboxylic acid groups (broad SMARTS) is 1. The van der Waals surface area contributed by atoms with E-state index in [0.29, 0.717) is 0 Å². The number of hydrogen-bond acceptors (Lipinski definition) is 2. The fourth-order valence-corrected chi connectivity index (χ4v) is 5.19. The molecule has 2 N–H and O–H groups in total. The van der Waals surface area contributed by atoms with Crippen LogP contribution in [0.1, 0.15) is 96.0 Å². The zero-order valence-corrected chi connectivity index (χ0v) is 19.6. The second kappa shape index (κ2) is 15.2. The molecule has 0 unspecified atom stereocenters. The zero-order chi connectivity index (χ0) is 22.3. The number of carboxylic acids is 1. The molecule has 1 saturated carbocycles. The number of aliphatic hydroxyl groups excluding tert-OH is 1. The van der Waals surface area contributed by atoms with Crippen LogP contribution in [0.5, 0.6) is 0 Å². The molecule has 1 aliphatic rings. The number of benzene rings is 1. The average Bonchev–Trinajstić information content (AvgIpc) is 2.77. The summed E-state index contributed by atoms with van der Waals surface area (Å²) in [7, 11) is 0. The third kappa shape index (κ3) is 10.5. The van der Waals surface area contributed by atoms with Gasteiger partial charge in [0.05, 0.1) is 12.0 Å². The Labute approximate surface area is 190 Å². The lowest BCUT2D eigenvalue weighted by Crippen LogP contribution is -2.33. The summed E-state index contributed by atoms with van der Waals surface area (Å²) in [4.78, 5) is 11.8. The maximum Gasteiger partial charge on any atom is 0.309 e. The van der Waals surface area contributed by atoms with Gasteiger partial charge in [0.15, 0.2) is 0 Å². The quantitative estimate of drug-likeness (QED) is 0.230. The highest BCUT2D eigenvalue weighted by molar-refractivity contribution is 5.71. The maximum absolute atomic E-state index is 11.8. The molecule has 0 radical (unpaired) electrons. The van der Waals surface area contributed by atoms with Gasteiger partial charge in [0.25, 0.3) is 0 Å². The lowest BCUT2D eigenvalue weighted by atomic mass is 9.80. The van der Waals surface area contributed by atoms with Crippen molar-refractivity contribution in [2.24, 2.45) is 17.8 Å². The van der Waals surface area contributed by atoms with E-state index in [1.54, 1.807) is 6.92 Å². The number of aryl methyl sites for hydroxylation is 1. The smallest absolute Gasteiger partial charge is 0.309 e. The topological polar surface area (TPSA) is 57.5 Å². The second-order valence-corrected chi connectivity index (χ2v) is 9.58. The van der Waals surface area contributed by atoms with Gasteiger partial charge in [0.2, 0.25) is 0 Å². The van der Waals surface area contributed by atoms with Crippen LogP contribution in [0.2, 0.25) is 0 Å². The van der Waals surface area contributed by atoms with Gasteiger partial charge in [-0.15, -0.1) is 0 Å². The van der Waals surface area contributed by atoms with Gasteiger partial charge in [0, 0.05) is 0 Å². The highest BCUT2D eigenvalue weighted by Crippen LogP contribution is 2.29. The van der Waals surface area contributed by atoms with Gasteiger partial charge in [0.1, 0.15) is 0 Å². The molecule has 0 saturated heterocycles. The summed E-state index contributed by atoms with van der Waals surface area (Å²) in [5.74, 6) is -0.566. The lowest BCUT2D eigenvalue weighted by Gasteiger charge is -2.26. The van der Waals surface area contributed by atoms with E-state index in [1.807, 2.05) is 18.2 Å². The molecule has 1 aromatic carbocycles. The third-order valence-corrected chi connectivity index (χ3v) is 7.04. The van der Waals surface area contributed by atoms with Crippen molar-refractivity contribution in [3.8, 4) is 0 Å². The number of aliphatic hydroxyl groups is 1. The molecular formula is C28H44O3. The van der Waals surface area contributed by atoms with Crippen molar-refractivity contribution in [2.75, 3.05) is 0 Å². The summed E-state index contributed by atoms with van der Waals surface area (Å²) in [6.45, 7) is 1.62. The summed E-state index contributed by atoms with van der Waals surface area (Å²) in [5.41, 5.74) is 1.24. The first-order chi connectivity index (χ1) is 15.1. The molecule has 0 amide bonds. The van der Waals surface area contributed by atoms with Gasteiger partial charge in [-0.2, -0.15) is 0 Å². The van der Waals surface area contributed by atoms with E-state index in [1.165, 1.54) is 50.5 Å². The normalized spacial score (nSPS) is 18.1. The van der Waals surface area contributed by atoms with E-state index in [0.717, 1.165) is 50.9 Å². The van der Waals surface area contributed by atoms with Crippen LogP contribution in [0.4, 0.5) is 0 Å². The molecular weight excluding hydrogens is 384 g/mol. The van der Waals surface area contributed by atoms with Crippen LogP contribution in [0.3, 0.4) is 0 Å². The van der Waals surface area contributed by atoms with Gasteiger partial charge in [-0.05, 0) is 69.3 Å². The summed E-state index contributed by atoms with van der Waals surface area (Å²) in [6, 6.07) is 10.2. The van der Waals surface area contributed by atoms with Crippen LogP contribution in [0.15, 0.2) is 42.5 Å². The molecule has 3 atom stereocenters. The fraction of sp³-hybridized carbons (Fsp3) is 0.679. The Bertz CT molecular complexity index is 616. The van der Waals surface area contributed by atoms with Crippen molar-refractivity contribution in [3.63, 3.8) is 0 Å². The van der Waals surface area contributed by atoms with Gasteiger partial charge in [-0.1, -0.05) is 87.4 Å². The van der Waals surface area contributed by atoms with Crippen LogP contribution < -0.4 is 0 Å². The van der Waals surface area contributed by atoms with Crippen molar-refractivity contribution in [1.29, 1.82) is 0 Å². The first-order valence-electron chi connectivity index (χ1n) is 12.7. The molecule has 1 aliphatic carbocycles. The Kier molecular flexibility index (Phi) is 12.6. The molecule has 0 aliphatic heterocycles. The molecule has 174 valence electrons. The van der Waals surface area contributed by atoms with E-state index < -0.39 is 18.0 Å². The maximum atomic E-state index is 11.8. The van der Waals surface area contributed by atoms with E-state index in [9.17, 15) is 15.0 Å². The van der Waals surface area contributed by atoms with E-state index in [2.05, 4.69) is 24.3 Å². The molecule has 0 heterocycles. The first kappa shape index (κ1) is 25.6. The van der Waals surface area contributed by atoms with E-state index in [4.69, 9.17) is 0 Å². The SMILES string of the molecule is C[C@H](O)[C@H](C(=O)O)[C@H](CCCCC/C=C\CCC1CCCCC1)CCc1ccccc1. The highest BCUT2D eigenvalue weighted by Gasteiger charge is 2.31. The summed E-state index contributed by atoms with van der Waals surface area (Å²) >= 11 is 0. The molecule has 0 spiro atoms. The van der Waals surface area contributed by atoms with Gasteiger partial charge >= 0.3 is 5.97 Å². The Hall–Kier alpha value is -1.61. The minimum absolute atomic E-state index is 0.0174. The predicted octanol–water partition coefficient (Wildman–Crippen LogP) is 7.18. The highest BCUT2D eigenvalue weighted by atomic mass is 16.4. The number of carbonyl (C=O) groups is 1. The second-order valence-electron chi connectivity index (χ2n) is 9.58. The van der Waals surface area contributed by atoms with Crippen molar-refractivity contribution in [1.82, 2.24) is 0 Å². The number of unbranched alkanes of at least 4 members (excludes halogenated alkanes) is 3. The minimum atomic E-state index is -0.867. The third-order valence-electron chi connectivity index (χ3n) is 7.04. The predicted molar refractivity (Wildman–Crippen MR) is 129 cm³/mol. The Morgan fingerprint density at radius 2 is 1.71 bits per heavy atom. The monoisotopic (exact) mass is 428 g/mol. The van der Waals surface area contributed by atoms with Gasteiger partial charge < -0.3 is 10.2 Å². The largest absolute Gasteiger partial charge is 0.481 e. The van der Waals surface area contributed by atoms with Crippen molar-refractivity contribution >= 4 is 5.97 Å². The first-order valence-corrected chi connectivity index (χ1v) is 12.7. The minimum Gasteiger partial charge on any atom is -0.481 e. The summed E-state index contributed by atoms with van der Waals surface area (Å²) < 4.78 is 0. The Morgan fingerprint density at radius 3 is 2.39 bits per heavy atom. The van der Waals surface area contributed by atoms with Crippen LogP contribution in [-0.2, 0) is 11.2 Å². The van der Waals surface area contributed by atoms with Crippen molar-refractivity contribution in [2.45, 2.75) is 103 Å². The summed E-state index contributed by atoms with van der Waals surface area (Å²) in [5, 5.41) is 19.7. The lowest BCUT2D eigenvalue weighted by molar-refractivity contribution is -0.148. The van der Waals surface area contributed by atoms with Crippen LogP contribution >= 0.6 is 0 Å². The van der Waals surface area contributed by atoms with Crippen molar-refractivity contribution < 1.29 is 15.0 Å². The molecule has 31 heavy (non-hydrogen) atoms. The number of hydrogen-bond donors (Lipinski definition) is 2. The molecule has 3 heteroatoms. The molecule has 0 bridgehead atoms.